The van der Waals surface area contributed by atoms with Crippen LogP contribution in [0.15, 0.2) is 68.7 Å². The van der Waals surface area contributed by atoms with Crippen LogP contribution in [0.2, 0.25) is 0 Å². The smallest absolute Gasteiger partial charge is 0.275 e. The molecule has 1 atom stereocenters. The summed E-state index contributed by atoms with van der Waals surface area (Å²) >= 11 is 0. The number of azo groups is 1. The summed E-state index contributed by atoms with van der Waals surface area (Å²) in [6.45, 7) is 11.8. The standard InChI is InChI=1S/C34H43FN6O2/c1-22(2)6-15-28(23-7-9-25(10-8-23)31(42)36-20-29-37-21-38-40-29)41-32(43)30(24-11-13-27(35)14-12-24)39-34(41)18-16-26(17-19-34)33(3,4)5/h7-14,22,26,28H,6,15-21H2,1-5H3,(H,36,42)/t26?,28-,34?/m1/s1. The van der Waals surface area contributed by atoms with Gasteiger partial charge in [0.15, 0.2) is 12.5 Å². The molecule has 2 aromatic carbocycles. The van der Waals surface area contributed by atoms with Gasteiger partial charge in [-0.15, -0.1) is 5.11 Å². The maximum absolute atomic E-state index is 14.4. The van der Waals surface area contributed by atoms with E-state index < -0.39 is 5.66 Å². The summed E-state index contributed by atoms with van der Waals surface area (Å²) in [5.41, 5.74) is 2.08. The molecule has 0 unspecified atom stereocenters. The molecule has 0 aromatic heterocycles. The van der Waals surface area contributed by atoms with E-state index in [2.05, 4.69) is 55.2 Å². The number of hydrogen-bond acceptors (Lipinski definition) is 6. The zero-order valence-corrected chi connectivity index (χ0v) is 25.9. The molecule has 228 valence electrons. The second-order valence-electron chi connectivity index (χ2n) is 13.5. The van der Waals surface area contributed by atoms with Gasteiger partial charge in [0.05, 0.1) is 12.6 Å². The molecule has 3 aliphatic rings. The molecule has 0 saturated heterocycles. The average molecular weight is 587 g/mol. The van der Waals surface area contributed by atoms with Crippen molar-refractivity contribution >= 4 is 23.4 Å². The zero-order chi connectivity index (χ0) is 30.8. The van der Waals surface area contributed by atoms with Gasteiger partial charge in [0, 0.05) is 11.1 Å². The Bertz CT molecular complexity index is 1410. The minimum atomic E-state index is -0.656. The van der Waals surface area contributed by atoms with Crippen molar-refractivity contribution in [3.05, 3.63) is 71.0 Å². The maximum atomic E-state index is 14.4. The van der Waals surface area contributed by atoms with Crippen molar-refractivity contribution in [1.29, 1.82) is 0 Å². The Morgan fingerprint density at radius 3 is 2.30 bits per heavy atom. The lowest BCUT2D eigenvalue weighted by atomic mass is 9.69. The molecular formula is C34H43FN6O2. The van der Waals surface area contributed by atoms with E-state index in [0.29, 0.717) is 41.2 Å². The summed E-state index contributed by atoms with van der Waals surface area (Å²) in [6, 6.07) is 13.4. The molecular weight excluding hydrogens is 543 g/mol. The van der Waals surface area contributed by atoms with Crippen LogP contribution >= 0.6 is 0 Å². The molecule has 1 spiro atoms. The SMILES string of the molecule is CC(C)CC[C@H](c1ccc(C(=O)NCC2=NCN=N2)cc1)N1C(=O)C(c2ccc(F)cc2)=NC12CCC(C(C)(C)C)CC2. The Kier molecular flexibility index (Phi) is 8.90. The lowest BCUT2D eigenvalue weighted by Crippen LogP contribution is -2.51. The molecule has 2 heterocycles. The van der Waals surface area contributed by atoms with Crippen LogP contribution in [-0.2, 0) is 4.79 Å². The van der Waals surface area contributed by atoms with E-state index in [1.807, 2.05) is 29.2 Å². The second kappa shape index (κ2) is 12.5. The molecule has 0 bridgehead atoms. The minimum Gasteiger partial charge on any atom is -0.345 e. The van der Waals surface area contributed by atoms with Gasteiger partial charge in [-0.25, -0.2) is 9.38 Å². The van der Waals surface area contributed by atoms with Crippen LogP contribution in [0.25, 0.3) is 0 Å². The van der Waals surface area contributed by atoms with Gasteiger partial charge in [-0.2, -0.15) is 5.11 Å². The summed E-state index contributed by atoms with van der Waals surface area (Å²) in [5.74, 6) is 0.838. The molecule has 1 N–H and O–H groups in total. The Morgan fingerprint density at radius 2 is 1.72 bits per heavy atom. The Hall–Kier alpha value is -3.75. The maximum Gasteiger partial charge on any atom is 0.275 e. The predicted molar refractivity (Wildman–Crippen MR) is 167 cm³/mol. The predicted octanol–water partition coefficient (Wildman–Crippen LogP) is 7.12. The van der Waals surface area contributed by atoms with Crippen LogP contribution in [0.3, 0.4) is 0 Å². The van der Waals surface area contributed by atoms with E-state index >= 15 is 0 Å². The lowest BCUT2D eigenvalue weighted by Gasteiger charge is -2.47. The number of carbonyl (C=O) groups is 2. The van der Waals surface area contributed by atoms with Gasteiger partial charge in [-0.3, -0.25) is 14.6 Å². The number of carbonyl (C=O) groups excluding carboxylic acids is 2. The molecule has 1 saturated carbocycles. The van der Waals surface area contributed by atoms with Crippen molar-refractivity contribution < 1.29 is 14.0 Å². The fourth-order valence-electron chi connectivity index (χ4n) is 6.54. The molecule has 43 heavy (non-hydrogen) atoms. The van der Waals surface area contributed by atoms with Gasteiger partial charge in [-0.1, -0.05) is 46.8 Å². The molecule has 0 radical (unpaired) electrons. The van der Waals surface area contributed by atoms with E-state index in [0.717, 1.165) is 44.1 Å². The van der Waals surface area contributed by atoms with Gasteiger partial charge in [0.25, 0.3) is 11.8 Å². The Morgan fingerprint density at radius 1 is 1.05 bits per heavy atom. The van der Waals surface area contributed by atoms with E-state index in [9.17, 15) is 14.0 Å². The van der Waals surface area contributed by atoms with Crippen LogP contribution < -0.4 is 5.32 Å². The third-order valence-electron chi connectivity index (χ3n) is 9.11. The third-order valence-corrected chi connectivity index (χ3v) is 9.11. The van der Waals surface area contributed by atoms with Gasteiger partial charge in [0.1, 0.15) is 17.2 Å². The summed E-state index contributed by atoms with van der Waals surface area (Å²) in [5, 5.41) is 10.6. The normalized spacial score (nSPS) is 22.7. The minimum absolute atomic E-state index is 0.108. The zero-order valence-electron chi connectivity index (χ0n) is 25.9. The van der Waals surface area contributed by atoms with Crippen molar-refractivity contribution in [2.75, 3.05) is 13.2 Å². The van der Waals surface area contributed by atoms with E-state index in [4.69, 9.17) is 4.99 Å². The highest BCUT2D eigenvalue weighted by Gasteiger charge is 2.52. The second-order valence-corrected chi connectivity index (χ2v) is 13.5. The number of amides is 2. The Labute approximate surface area is 254 Å². The summed E-state index contributed by atoms with van der Waals surface area (Å²) in [7, 11) is 0. The quantitative estimate of drug-likeness (QED) is 0.338. The van der Waals surface area contributed by atoms with Crippen LogP contribution in [0, 0.1) is 23.1 Å². The van der Waals surface area contributed by atoms with Gasteiger partial charge >= 0.3 is 0 Å². The fourth-order valence-corrected chi connectivity index (χ4v) is 6.54. The molecule has 8 nitrogen and oxygen atoms in total. The number of rotatable bonds is 9. The molecule has 2 aromatic rings. The molecule has 2 aliphatic heterocycles. The first kappa shape index (κ1) is 30.7. The van der Waals surface area contributed by atoms with Crippen molar-refractivity contribution in [1.82, 2.24) is 10.2 Å². The Balaban J connectivity index is 1.47. The van der Waals surface area contributed by atoms with Crippen molar-refractivity contribution in [3.63, 3.8) is 0 Å². The average Bonchev–Trinajstić information content (AvgIpc) is 3.59. The number of halogens is 1. The number of amidine groups is 1. The van der Waals surface area contributed by atoms with Crippen LogP contribution in [-0.4, -0.2) is 47.1 Å². The number of hydrogen-bond donors (Lipinski definition) is 1. The first-order chi connectivity index (χ1) is 20.5. The van der Waals surface area contributed by atoms with Crippen molar-refractivity contribution in [2.24, 2.45) is 37.5 Å². The fraction of sp³-hybridized carbons (Fsp3) is 0.529. The van der Waals surface area contributed by atoms with Gasteiger partial charge in [0.2, 0.25) is 0 Å². The van der Waals surface area contributed by atoms with Gasteiger partial charge < -0.3 is 10.2 Å². The summed E-state index contributed by atoms with van der Waals surface area (Å²) in [6.07, 6.45) is 5.23. The molecule has 5 rings (SSSR count). The molecule has 1 aliphatic carbocycles. The van der Waals surface area contributed by atoms with Crippen LogP contribution in [0.1, 0.15) is 101 Å². The largest absolute Gasteiger partial charge is 0.345 e. The number of benzene rings is 2. The lowest BCUT2D eigenvalue weighted by molar-refractivity contribution is -0.133. The highest BCUT2D eigenvalue weighted by atomic mass is 19.1. The molecule has 9 heteroatoms. The highest BCUT2D eigenvalue weighted by molar-refractivity contribution is 6.46. The monoisotopic (exact) mass is 586 g/mol. The van der Waals surface area contributed by atoms with Gasteiger partial charge in [-0.05, 0) is 97.7 Å². The van der Waals surface area contributed by atoms with Crippen LogP contribution in [0.5, 0.6) is 0 Å². The number of aliphatic imine (C=N–C) groups is 2. The van der Waals surface area contributed by atoms with Crippen molar-refractivity contribution in [3.8, 4) is 0 Å². The van der Waals surface area contributed by atoms with E-state index in [-0.39, 0.29) is 35.6 Å². The third kappa shape index (κ3) is 6.76. The number of nitrogens with one attached hydrogen (secondary N) is 1. The van der Waals surface area contributed by atoms with Crippen LogP contribution in [0.4, 0.5) is 4.39 Å². The van der Waals surface area contributed by atoms with Crippen molar-refractivity contribution in [2.45, 2.75) is 84.8 Å². The topological polar surface area (TPSA) is 98.9 Å². The summed E-state index contributed by atoms with van der Waals surface area (Å²) < 4.78 is 13.8. The molecule has 2 amide bonds. The van der Waals surface area contributed by atoms with E-state index in [1.165, 1.54) is 12.1 Å². The first-order valence-electron chi connectivity index (χ1n) is 15.5. The first-order valence-corrected chi connectivity index (χ1v) is 15.5. The summed E-state index contributed by atoms with van der Waals surface area (Å²) in [4.78, 5) is 38.6. The number of nitrogens with zero attached hydrogens (tertiary/aromatic N) is 5. The van der Waals surface area contributed by atoms with E-state index in [1.54, 1.807) is 12.1 Å². The highest BCUT2D eigenvalue weighted by Crippen LogP contribution is 2.50. The molecule has 1 fully saturated rings.